The van der Waals surface area contributed by atoms with E-state index in [0.717, 1.165) is 25.3 Å². The Kier molecular flexibility index (Phi) is 5.84. The lowest BCUT2D eigenvalue weighted by Gasteiger charge is -2.26. The number of sulfone groups is 1. The molecular weight excluding hydrogens is 352 g/mol. The number of carbonyl (C=O) groups is 1. The van der Waals surface area contributed by atoms with Gasteiger partial charge in [-0.3, -0.25) is 4.90 Å². The van der Waals surface area contributed by atoms with Crippen LogP contribution in [0.4, 0.5) is 10.5 Å². The van der Waals surface area contributed by atoms with E-state index in [1.165, 1.54) is 12.0 Å². The van der Waals surface area contributed by atoms with Crippen molar-refractivity contribution in [3.8, 4) is 0 Å². The summed E-state index contributed by atoms with van der Waals surface area (Å²) in [6.07, 6.45) is 1.20. The molecule has 1 aromatic rings. The van der Waals surface area contributed by atoms with Gasteiger partial charge in [0.2, 0.25) is 0 Å². The summed E-state index contributed by atoms with van der Waals surface area (Å²) in [5.41, 5.74) is 1.96. The third kappa shape index (κ3) is 4.96. The predicted molar refractivity (Wildman–Crippen MR) is 103 cm³/mol. The minimum Gasteiger partial charge on any atom is -0.322 e. The van der Waals surface area contributed by atoms with Crippen LogP contribution in [-0.2, 0) is 16.4 Å². The molecule has 0 spiro atoms. The largest absolute Gasteiger partial charge is 0.322 e. The summed E-state index contributed by atoms with van der Waals surface area (Å²) in [6, 6.07) is 8.29. The smallest absolute Gasteiger partial charge is 0.321 e. The first-order valence-corrected chi connectivity index (χ1v) is 10.9. The van der Waals surface area contributed by atoms with Crippen LogP contribution in [0.2, 0.25) is 0 Å². The van der Waals surface area contributed by atoms with E-state index in [9.17, 15) is 13.2 Å². The Balaban J connectivity index is 1.49. The van der Waals surface area contributed by atoms with Crippen molar-refractivity contribution in [2.75, 3.05) is 57.1 Å². The van der Waals surface area contributed by atoms with Crippen molar-refractivity contribution in [3.63, 3.8) is 0 Å². The highest BCUT2D eigenvalue weighted by atomic mass is 32.2. The van der Waals surface area contributed by atoms with Crippen molar-refractivity contribution in [2.24, 2.45) is 0 Å². The Hall–Kier alpha value is -1.64. The zero-order valence-electron chi connectivity index (χ0n) is 15.5. The number of anilines is 1. The maximum absolute atomic E-state index is 12.2. The number of amides is 2. The van der Waals surface area contributed by atoms with Crippen molar-refractivity contribution >= 4 is 21.6 Å². The molecule has 2 saturated heterocycles. The zero-order valence-corrected chi connectivity index (χ0v) is 16.3. The van der Waals surface area contributed by atoms with Gasteiger partial charge in [-0.2, -0.15) is 0 Å². The van der Waals surface area contributed by atoms with Gasteiger partial charge >= 0.3 is 6.03 Å². The molecule has 0 unspecified atom stereocenters. The molecule has 1 aromatic carbocycles. The van der Waals surface area contributed by atoms with Gasteiger partial charge in [-0.25, -0.2) is 13.2 Å². The first-order chi connectivity index (χ1) is 12.3. The molecule has 0 aliphatic carbocycles. The molecule has 2 heterocycles. The maximum Gasteiger partial charge on any atom is 0.321 e. The van der Waals surface area contributed by atoms with Gasteiger partial charge in [-0.15, -0.1) is 0 Å². The first kappa shape index (κ1) is 19.1. The van der Waals surface area contributed by atoms with Gasteiger partial charge in [-0.1, -0.05) is 12.1 Å². The van der Waals surface area contributed by atoms with Crippen molar-refractivity contribution in [3.05, 3.63) is 29.8 Å². The Morgan fingerprint density at radius 2 is 1.81 bits per heavy atom. The van der Waals surface area contributed by atoms with Crippen molar-refractivity contribution in [1.82, 2.24) is 14.7 Å². The minimum absolute atomic E-state index is 0.0448. The van der Waals surface area contributed by atoms with Crippen molar-refractivity contribution < 1.29 is 13.2 Å². The van der Waals surface area contributed by atoms with Gasteiger partial charge in [0.25, 0.3) is 0 Å². The summed E-state index contributed by atoms with van der Waals surface area (Å²) in [4.78, 5) is 18.5. The lowest BCUT2D eigenvalue weighted by Crippen LogP contribution is -2.45. The van der Waals surface area contributed by atoms with E-state index < -0.39 is 9.84 Å². The Morgan fingerprint density at radius 1 is 1.15 bits per heavy atom. The molecule has 1 atom stereocenters. The number of rotatable bonds is 4. The average Bonchev–Trinajstić information content (AvgIpc) is 3.05. The number of urea groups is 1. The SMILES string of the molecule is CN(C)[C@@H]1CCN(Cc2ccc(NC(=O)N3CCS(=O)(=O)CC3)cc2)C1. The molecule has 2 amide bonds. The summed E-state index contributed by atoms with van der Waals surface area (Å²) in [7, 11) is 1.28. The quantitative estimate of drug-likeness (QED) is 0.846. The van der Waals surface area contributed by atoms with Crippen LogP contribution < -0.4 is 5.32 Å². The lowest BCUT2D eigenvalue weighted by atomic mass is 10.2. The molecule has 3 rings (SSSR count). The predicted octanol–water partition coefficient (Wildman–Crippen LogP) is 1.08. The molecule has 0 saturated carbocycles. The van der Waals surface area contributed by atoms with Crippen molar-refractivity contribution in [1.29, 1.82) is 0 Å². The van der Waals surface area contributed by atoms with Gasteiger partial charge in [-0.05, 0) is 38.2 Å². The number of likely N-dealkylation sites (N-methyl/N-ethyl adjacent to an activating group) is 1. The average molecular weight is 381 g/mol. The molecule has 0 bridgehead atoms. The third-order valence-electron chi connectivity index (χ3n) is 5.22. The van der Waals surface area contributed by atoms with Crippen LogP contribution in [0, 0.1) is 0 Å². The monoisotopic (exact) mass is 380 g/mol. The van der Waals surface area contributed by atoms with Gasteiger partial charge < -0.3 is 15.1 Å². The molecule has 144 valence electrons. The van der Waals surface area contributed by atoms with Crippen molar-refractivity contribution in [2.45, 2.75) is 19.0 Å². The summed E-state index contributed by atoms with van der Waals surface area (Å²) < 4.78 is 22.9. The number of benzene rings is 1. The molecular formula is C18H28N4O3S. The van der Waals surface area contributed by atoms with E-state index in [1.54, 1.807) is 4.90 Å². The van der Waals surface area contributed by atoms with E-state index in [0.29, 0.717) is 6.04 Å². The fourth-order valence-electron chi connectivity index (χ4n) is 3.45. The second-order valence-corrected chi connectivity index (χ2v) is 9.71. The molecule has 26 heavy (non-hydrogen) atoms. The molecule has 1 N–H and O–H groups in total. The van der Waals surface area contributed by atoms with Crippen LogP contribution in [0.1, 0.15) is 12.0 Å². The summed E-state index contributed by atoms with van der Waals surface area (Å²) >= 11 is 0. The summed E-state index contributed by atoms with van der Waals surface area (Å²) in [5, 5.41) is 2.85. The molecule has 8 heteroatoms. The van der Waals surface area contributed by atoms with Gasteiger partial charge in [0.1, 0.15) is 0 Å². The number of hydrogen-bond acceptors (Lipinski definition) is 5. The number of nitrogens with zero attached hydrogens (tertiary/aromatic N) is 3. The van der Waals surface area contributed by atoms with Crippen LogP contribution in [0.5, 0.6) is 0 Å². The fraction of sp³-hybridized carbons (Fsp3) is 0.611. The lowest BCUT2D eigenvalue weighted by molar-refractivity contribution is 0.216. The highest BCUT2D eigenvalue weighted by Gasteiger charge is 2.25. The van der Waals surface area contributed by atoms with Crippen LogP contribution >= 0.6 is 0 Å². The Labute approximate surface area is 155 Å². The number of likely N-dealkylation sites (tertiary alicyclic amines) is 1. The molecule has 0 radical (unpaired) electrons. The topological polar surface area (TPSA) is 73.0 Å². The Bertz CT molecular complexity index is 719. The van der Waals surface area contributed by atoms with E-state index >= 15 is 0 Å². The van der Waals surface area contributed by atoms with Gasteiger partial charge in [0.15, 0.2) is 9.84 Å². The molecule has 2 aliphatic heterocycles. The standard InChI is InChI=1S/C18H28N4O3S/c1-20(2)17-7-8-21(14-17)13-15-3-5-16(6-4-15)19-18(23)22-9-11-26(24,25)12-10-22/h3-6,17H,7-14H2,1-2H3,(H,19,23)/t17-/m1/s1. The van der Waals surface area contributed by atoms with Crippen LogP contribution in [0.3, 0.4) is 0 Å². The van der Waals surface area contributed by atoms with E-state index in [4.69, 9.17) is 0 Å². The molecule has 2 aliphatic rings. The number of carbonyl (C=O) groups excluding carboxylic acids is 1. The van der Waals surface area contributed by atoms with Gasteiger partial charge in [0.05, 0.1) is 11.5 Å². The van der Waals surface area contributed by atoms with Crippen LogP contribution in [-0.4, -0.2) is 87.0 Å². The maximum atomic E-state index is 12.2. The van der Waals surface area contributed by atoms with E-state index in [1.807, 2.05) is 24.3 Å². The number of nitrogens with one attached hydrogen (secondary N) is 1. The third-order valence-corrected chi connectivity index (χ3v) is 6.83. The fourth-order valence-corrected chi connectivity index (χ4v) is 4.65. The van der Waals surface area contributed by atoms with E-state index in [2.05, 4.69) is 29.2 Å². The minimum atomic E-state index is -2.98. The molecule has 0 aromatic heterocycles. The highest BCUT2D eigenvalue weighted by molar-refractivity contribution is 7.91. The summed E-state index contributed by atoms with van der Waals surface area (Å²) in [6.45, 7) is 3.63. The molecule has 7 nitrogen and oxygen atoms in total. The first-order valence-electron chi connectivity index (χ1n) is 9.06. The highest BCUT2D eigenvalue weighted by Crippen LogP contribution is 2.18. The molecule has 2 fully saturated rings. The normalized spacial score (nSPS) is 23.3. The zero-order chi connectivity index (χ0) is 18.7. The van der Waals surface area contributed by atoms with Gasteiger partial charge in [0, 0.05) is 44.5 Å². The van der Waals surface area contributed by atoms with Crippen LogP contribution in [0.15, 0.2) is 24.3 Å². The number of hydrogen-bond donors (Lipinski definition) is 1. The van der Waals surface area contributed by atoms with Crippen LogP contribution in [0.25, 0.3) is 0 Å². The Morgan fingerprint density at radius 3 is 2.38 bits per heavy atom. The summed E-state index contributed by atoms with van der Waals surface area (Å²) in [5.74, 6) is 0.0896. The second-order valence-electron chi connectivity index (χ2n) is 7.41. The van der Waals surface area contributed by atoms with E-state index in [-0.39, 0.29) is 30.6 Å². The second kappa shape index (κ2) is 7.94.